The molecule has 0 fully saturated rings. The number of rotatable bonds is 8. The lowest BCUT2D eigenvalue weighted by Crippen LogP contribution is -2.24. The molecule has 186 valence electrons. The third kappa shape index (κ3) is 5.20. The highest BCUT2D eigenvalue weighted by Crippen LogP contribution is 2.29. The van der Waals surface area contributed by atoms with E-state index in [2.05, 4.69) is 20.2 Å². The Labute approximate surface area is 205 Å². The van der Waals surface area contributed by atoms with Gasteiger partial charge >= 0.3 is 0 Å². The maximum atomic E-state index is 14.1. The van der Waals surface area contributed by atoms with Gasteiger partial charge in [-0.2, -0.15) is 0 Å². The van der Waals surface area contributed by atoms with Crippen molar-refractivity contribution in [3.05, 3.63) is 60.5 Å². The summed E-state index contributed by atoms with van der Waals surface area (Å²) in [7, 11) is 0.350. The number of sulfone groups is 1. The van der Waals surface area contributed by atoms with Crippen LogP contribution in [0.2, 0.25) is 0 Å². The first-order valence-electron chi connectivity index (χ1n) is 10.9. The molecule has 0 radical (unpaired) electrons. The van der Waals surface area contributed by atoms with E-state index in [9.17, 15) is 12.8 Å². The second kappa shape index (κ2) is 9.88. The number of aromatic nitrogens is 4. The molecule has 2 N–H and O–H groups in total. The van der Waals surface area contributed by atoms with E-state index in [0.717, 1.165) is 0 Å². The fourth-order valence-corrected chi connectivity index (χ4v) is 4.80. The van der Waals surface area contributed by atoms with Crippen LogP contribution in [0, 0.1) is 5.82 Å². The molecular formula is C24H29FN6O3S. The molecule has 0 saturated heterocycles. The number of halogens is 1. The van der Waals surface area contributed by atoms with Gasteiger partial charge in [-0.05, 0) is 58.3 Å². The van der Waals surface area contributed by atoms with Gasteiger partial charge in [0, 0.05) is 8.42 Å². The summed E-state index contributed by atoms with van der Waals surface area (Å²) in [6.45, 7) is 2.39. The van der Waals surface area contributed by atoms with Gasteiger partial charge in [-0.3, -0.25) is 0 Å². The van der Waals surface area contributed by atoms with Gasteiger partial charge in [-0.15, -0.1) is 10.2 Å². The van der Waals surface area contributed by atoms with Gasteiger partial charge in [0.2, 0.25) is 0 Å². The standard InChI is InChI=1S/C24H25FN6O3S.2H2/c1-15(12-13-31(2)3)35(32,33)17-10-8-16(9-11-17)20-14-27-22(26)21(28-20)24-30-29-23(34-24)18-6-4-5-7-19(18)25;;/h4-11,14-15H,12-13H2,1-3H3,(H2,26,27);2*1H. The van der Waals surface area contributed by atoms with Crippen LogP contribution in [0.3, 0.4) is 0 Å². The van der Waals surface area contributed by atoms with Crippen LogP contribution in [0.25, 0.3) is 34.3 Å². The van der Waals surface area contributed by atoms with E-state index >= 15 is 0 Å². The molecule has 2 aromatic carbocycles. The van der Waals surface area contributed by atoms with Crippen molar-refractivity contribution in [1.82, 2.24) is 25.1 Å². The zero-order valence-corrected chi connectivity index (χ0v) is 20.3. The largest absolute Gasteiger partial charge is 0.414 e. The van der Waals surface area contributed by atoms with Crippen LogP contribution in [0.5, 0.6) is 0 Å². The zero-order valence-electron chi connectivity index (χ0n) is 19.5. The summed E-state index contributed by atoms with van der Waals surface area (Å²) in [6, 6.07) is 12.5. The summed E-state index contributed by atoms with van der Waals surface area (Å²) in [5, 5.41) is 7.33. The van der Waals surface area contributed by atoms with E-state index < -0.39 is 20.9 Å². The Morgan fingerprint density at radius 3 is 2.46 bits per heavy atom. The Morgan fingerprint density at radius 2 is 1.77 bits per heavy atom. The third-order valence-corrected chi connectivity index (χ3v) is 7.75. The Hall–Kier alpha value is -3.70. The molecule has 9 nitrogen and oxygen atoms in total. The van der Waals surface area contributed by atoms with Crippen LogP contribution in [0.1, 0.15) is 16.2 Å². The van der Waals surface area contributed by atoms with Gasteiger partial charge in [0.1, 0.15) is 5.82 Å². The molecule has 35 heavy (non-hydrogen) atoms. The average Bonchev–Trinajstić information content (AvgIpc) is 3.33. The minimum Gasteiger partial charge on any atom is -0.414 e. The quantitative estimate of drug-likeness (QED) is 0.379. The molecule has 1 unspecified atom stereocenters. The van der Waals surface area contributed by atoms with Crippen LogP contribution in [-0.2, 0) is 9.84 Å². The Kier molecular flexibility index (Phi) is 6.90. The van der Waals surface area contributed by atoms with E-state index in [4.69, 9.17) is 10.2 Å². The molecule has 4 rings (SSSR count). The minimum atomic E-state index is -3.47. The predicted molar refractivity (Wildman–Crippen MR) is 135 cm³/mol. The molecule has 0 aliphatic carbocycles. The lowest BCUT2D eigenvalue weighted by molar-refractivity contribution is 0.397. The number of nitrogen functional groups attached to an aromatic ring is 1. The van der Waals surface area contributed by atoms with Gasteiger partial charge in [-0.25, -0.2) is 22.8 Å². The van der Waals surface area contributed by atoms with Crippen LogP contribution in [-0.4, -0.2) is 59.4 Å². The van der Waals surface area contributed by atoms with Gasteiger partial charge in [0.05, 0.1) is 27.6 Å². The molecular weight excluding hydrogens is 471 g/mol. The normalized spacial score (nSPS) is 12.7. The highest BCUT2D eigenvalue weighted by molar-refractivity contribution is 7.92. The maximum absolute atomic E-state index is 14.1. The average molecular weight is 501 g/mol. The lowest BCUT2D eigenvalue weighted by atomic mass is 10.1. The first-order valence-corrected chi connectivity index (χ1v) is 12.4. The zero-order chi connectivity index (χ0) is 25.2. The fourth-order valence-electron chi connectivity index (χ4n) is 3.40. The summed E-state index contributed by atoms with van der Waals surface area (Å²) in [4.78, 5) is 10.8. The van der Waals surface area contributed by atoms with E-state index in [-0.39, 0.29) is 36.6 Å². The van der Waals surface area contributed by atoms with E-state index in [1.807, 2.05) is 19.0 Å². The van der Waals surface area contributed by atoms with Crippen molar-refractivity contribution < 1.29 is 20.1 Å². The van der Waals surface area contributed by atoms with Crippen molar-refractivity contribution in [2.24, 2.45) is 0 Å². The molecule has 0 bridgehead atoms. The molecule has 1 atom stereocenters. The van der Waals surface area contributed by atoms with Gasteiger partial charge in [0.25, 0.3) is 11.8 Å². The predicted octanol–water partition coefficient (Wildman–Crippen LogP) is 4.19. The maximum Gasteiger partial charge on any atom is 0.270 e. The number of hydrogen-bond acceptors (Lipinski definition) is 9. The fraction of sp³-hybridized carbons (Fsp3) is 0.250. The van der Waals surface area contributed by atoms with Gasteiger partial charge in [-0.1, -0.05) is 24.3 Å². The van der Waals surface area contributed by atoms with Crippen molar-refractivity contribution in [3.63, 3.8) is 0 Å². The third-order valence-electron chi connectivity index (χ3n) is 5.52. The lowest BCUT2D eigenvalue weighted by Gasteiger charge is -2.16. The second-order valence-corrected chi connectivity index (χ2v) is 10.7. The number of nitrogens with zero attached hydrogens (tertiary/aromatic N) is 5. The summed E-state index contributed by atoms with van der Waals surface area (Å²) in [5.41, 5.74) is 7.35. The van der Waals surface area contributed by atoms with Crippen LogP contribution in [0.4, 0.5) is 10.2 Å². The summed E-state index contributed by atoms with van der Waals surface area (Å²) < 4.78 is 45.5. The molecule has 0 spiro atoms. The Balaban J connectivity index is 0.00000241. The Morgan fingerprint density at radius 1 is 1.09 bits per heavy atom. The molecule has 2 heterocycles. The number of benzene rings is 2. The van der Waals surface area contributed by atoms with E-state index in [0.29, 0.717) is 24.2 Å². The van der Waals surface area contributed by atoms with Crippen molar-refractivity contribution in [1.29, 1.82) is 0 Å². The summed E-state index contributed by atoms with van der Waals surface area (Å²) in [5.74, 6) is -0.459. The van der Waals surface area contributed by atoms with Crippen LogP contribution >= 0.6 is 0 Å². The number of hydrogen-bond donors (Lipinski definition) is 1. The van der Waals surface area contributed by atoms with Crippen LogP contribution < -0.4 is 5.73 Å². The van der Waals surface area contributed by atoms with Gasteiger partial charge in [0.15, 0.2) is 21.3 Å². The van der Waals surface area contributed by atoms with Crippen molar-refractivity contribution in [2.75, 3.05) is 26.4 Å². The SMILES string of the molecule is CC(CCN(C)C)S(=O)(=O)c1ccc(-c2cnc(N)c(-c3nnc(-c4ccccc4F)o3)n2)cc1.[HH].[HH]. The highest BCUT2D eigenvalue weighted by atomic mass is 32.2. The molecule has 0 saturated carbocycles. The van der Waals surface area contributed by atoms with E-state index in [1.165, 1.54) is 18.3 Å². The molecule has 2 aromatic heterocycles. The first kappa shape index (κ1) is 24.4. The van der Waals surface area contributed by atoms with E-state index in [1.54, 1.807) is 43.3 Å². The minimum absolute atomic E-state index is 0. The number of nitrogens with two attached hydrogens (primary N) is 1. The highest BCUT2D eigenvalue weighted by Gasteiger charge is 2.23. The number of anilines is 1. The molecule has 0 aliphatic heterocycles. The summed E-state index contributed by atoms with van der Waals surface area (Å²) in [6.07, 6.45) is 2.00. The monoisotopic (exact) mass is 500 g/mol. The van der Waals surface area contributed by atoms with Crippen molar-refractivity contribution >= 4 is 15.7 Å². The van der Waals surface area contributed by atoms with Gasteiger partial charge < -0.3 is 15.1 Å². The molecule has 11 heteroatoms. The summed E-state index contributed by atoms with van der Waals surface area (Å²) >= 11 is 0. The molecule has 0 amide bonds. The topological polar surface area (TPSA) is 128 Å². The molecule has 0 aliphatic rings. The first-order chi connectivity index (χ1) is 16.7. The Bertz CT molecular complexity index is 1450. The molecule has 4 aromatic rings. The van der Waals surface area contributed by atoms with Crippen molar-refractivity contribution in [3.8, 4) is 34.3 Å². The van der Waals surface area contributed by atoms with Crippen LogP contribution in [0.15, 0.2) is 64.0 Å². The second-order valence-electron chi connectivity index (χ2n) is 8.35. The smallest absolute Gasteiger partial charge is 0.270 e. The van der Waals surface area contributed by atoms with Crippen molar-refractivity contribution in [2.45, 2.75) is 23.5 Å².